The molecule has 3 aromatic rings. The highest BCUT2D eigenvalue weighted by atomic mass is 19.1. The van der Waals surface area contributed by atoms with Crippen molar-refractivity contribution < 1.29 is 4.39 Å². The van der Waals surface area contributed by atoms with E-state index in [1.165, 1.54) is 6.07 Å². The third-order valence-electron chi connectivity index (χ3n) is 3.82. The molecule has 0 saturated carbocycles. The van der Waals surface area contributed by atoms with E-state index in [-0.39, 0.29) is 11.9 Å². The van der Waals surface area contributed by atoms with Crippen LogP contribution in [0.3, 0.4) is 0 Å². The average Bonchev–Trinajstić information content (AvgIpc) is 2.53. The summed E-state index contributed by atoms with van der Waals surface area (Å²) < 4.78 is 13.7. The highest BCUT2D eigenvalue weighted by Gasteiger charge is 2.12. The minimum Gasteiger partial charge on any atom is -0.313 e. The Bertz CT molecular complexity index is 783. The standard InChI is InChI=1S/C18H17FN2/c1-12(20-2)16-8-7-15(19)10-17(16)14-9-13-5-3-4-6-18(13)21-11-14/h3-12,20H,1-2H3. The molecule has 0 saturated heterocycles. The Labute approximate surface area is 123 Å². The van der Waals surface area contributed by atoms with E-state index < -0.39 is 0 Å². The quantitative estimate of drug-likeness (QED) is 0.772. The van der Waals surface area contributed by atoms with Gasteiger partial charge in [0.05, 0.1) is 5.52 Å². The van der Waals surface area contributed by atoms with E-state index in [1.807, 2.05) is 43.6 Å². The molecule has 1 atom stereocenters. The van der Waals surface area contributed by atoms with Gasteiger partial charge >= 0.3 is 0 Å². The highest BCUT2D eigenvalue weighted by Crippen LogP contribution is 2.30. The number of fused-ring (bicyclic) bond motifs is 1. The number of halogens is 1. The molecule has 0 fully saturated rings. The van der Waals surface area contributed by atoms with Crippen LogP contribution >= 0.6 is 0 Å². The summed E-state index contributed by atoms with van der Waals surface area (Å²) in [6.45, 7) is 2.06. The Hall–Kier alpha value is -2.26. The predicted octanol–water partition coefficient (Wildman–Crippen LogP) is 4.32. The summed E-state index contributed by atoms with van der Waals surface area (Å²) in [4.78, 5) is 4.47. The maximum atomic E-state index is 13.7. The van der Waals surface area contributed by atoms with Crippen LogP contribution in [0.1, 0.15) is 18.5 Å². The number of aromatic nitrogens is 1. The summed E-state index contributed by atoms with van der Waals surface area (Å²) in [5.74, 6) is -0.231. The van der Waals surface area contributed by atoms with Gasteiger partial charge in [0.25, 0.3) is 0 Å². The van der Waals surface area contributed by atoms with E-state index in [2.05, 4.69) is 23.3 Å². The summed E-state index contributed by atoms with van der Waals surface area (Å²) >= 11 is 0. The molecule has 1 N–H and O–H groups in total. The Kier molecular flexibility index (Phi) is 3.67. The lowest BCUT2D eigenvalue weighted by Gasteiger charge is -2.16. The average molecular weight is 280 g/mol. The first-order chi connectivity index (χ1) is 10.2. The van der Waals surface area contributed by atoms with Crippen molar-refractivity contribution >= 4 is 10.9 Å². The Morgan fingerprint density at radius 2 is 1.90 bits per heavy atom. The number of rotatable bonds is 3. The van der Waals surface area contributed by atoms with E-state index in [0.717, 1.165) is 27.6 Å². The molecule has 106 valence electrons. The van der Waals surface area contributed by atoms with Crippen LogP contribution < -0.4 is 5.32 Å². The lowest BCUT2D eigenvalue weighted by atomic mass is 9.95. The normalized spacial score (nSPS) is 12.5. The van der Waals surface area contributed by atoms with Gasteiger partial charge in [0.1, 0.15) is 5.82 Å². The van der Waals surface area contributed by atoms with Crippen LogP contribution in [0, 0.1) is 5.82 Å². The monoisotopic (exact) mass is 280 g/mol. The van der Waals surface area contributed by atoms with Crippen LogP contribution in [0.2, 0.25) is 0 Å². The molecule has 1 aromatic heterocycles. The van der Waals surface area contributed by atoms with E-state index >= 15 is 0 Å². The number of hydrogen-bond donors (Lipinski definition) is 1. The van der Waals surface area contributed by atoms with Gasteiger partial charge in [-0.1, -0.05) is 24.3 Å². The molecular formula is C18H17FN2. The van der Waals surface area contributed by atoms with Crippen molar-refractivity contribution in [3.63, 3.8) is 0 Å². The van der Waals surface area contributed by atoms with E-state index in [4.69, 9.17) is 0 Å². The van der Waals surface area contributed by atoms with Gasteiger partial charge in [0.2, 0.25) is 0 Å². The zero-order valence-electron chi connectivity index (χ0n) is 12.1. The van der Waals surface area contributed by atoms with Crippen LogP contribution in [0.15, 0.2) is 54.7 Å². The largest absolute Gasteiger partial charge is 0.313 e. The lowest BCUT2D eigenvalue weighted by Crippen LogP contribution is -2.13. The summed E-state index contributed by atoms with van der Waals surface area (Å²) in [6.07, 6.45) is 1.81. The fourth-order valence-electron chi connectivity index (χ4n) is 2.53. The van der Waals surface area contributed by atoms with E-state index in [1.54, 1.807) is 6.07 Å². The van der Waals surface area contributed by atoms with Gasteiger partial charge in [-0.25, -0.2) is 4.39 Å². The molecule has 0 aliphatic rings. The molecule has 0 radical (unpaired) electrons. The molecule has 3 heteroatoms. The summed E-state index contributed by atoms with van der Waals surface area (Å²) in [5, 5.41) is 4.26. The van der Waals surface area contributed by atoms with Gasteiger partial charge in [-0.05, 0) is 49.4 Å². The van der Waals surface area contributed by atoms with Gasteiger partial charge in [-0.15, -0.1) is 0 Å². The second-order valence-electron chi connectivity index (χ2n) is 5.16. The lowest BCUT2D eigenvalue weighted by molar-refractivity contribution is 0.620. The zero-order chi connectivity index (χ0) is 14.8. The van der Waals surface area contributed by atoms with Crippen LogP contribution in [0.5, 0.6) is 0 Å². The Balaban J connectivity index is 2.19. The van der Waals surface area contributed by atoms with Gasteiger partial charge < -0.3 is 5.32 Å². The van der Waals surface area contributed by atoms with Crippen molar-refractivity contribution in [1.29, 1.82) is 0 Å². The molecule has 0 aliphatic heterocycles. The predicted molar refractivity (Wildman–Crippen MR) is 84.6 cm³/mol. The molecule has 0 bridgehead atoms. The van der Waals surface area contributed by atoms with Crippen molar-refractivity contribution in [2.45, 2.75) is 13.0 Å². The molecule has 2 nitrogen and oxygen atoms in total. The summed E-state index contributed by atoms with van der Waals surface area (Å²) in [7, 11) is 1.90. The number of nitrogens with zero attached hydrogens (tertiary/aromatic N) is 1. The van der Waals surface area contributed by atoms with E-state index in [9.17, 15) is 4.39 Å². The third kappa shape index (κ3) is 2.65. The molecular weight excluding hydrogens is 263 g/mol. The fourth-order valence-corrected chi connectivity index (χ4v) is 2.53. The van der Waals surface area contributed by atoms with Crippen molar-refractivity contribution in [1.82, 2.24) is 10.3 Å². The second kappa shape index (κ2) is 5.62. The van der Waals surface area contributed by atoms with Crippen molar-refractivity contribution in [2.75, 3.05) is 7.05 Å². The molecule has 1 unspecified atom stereocenters. The number of hydrogen-bond acceptors (Lipinski definition) is 2. The number of nitrogens with one attached hydrogen (secondary N) is 1. The van der Waals surface area contributed by atoms with Gasteiger partial charge in [-0.3, -0.25) is 4.98 Å². The summed E-state index contributed by atoms with van der Waals surface area (Å²) in [5.41, 5.74) is 3.83. The van der Waals surface area contributed by atoms with Crippen LogP contribution in [-0.4, -0.2) is 12.0 Å². The smallest absolute Gasteiger partial charge is 0.123 e. The third-order valence-corrected chi connectivity index (χ3v) is 3.82. The van der Waals surface area contributed by atoms with Crippen molar-refractivity contribution in [3.8, 4) is 11.1 Å². The molecule has 21 heavy (non-hydrogen) atoms. The molecule has 2 aromatic carbocycles. The van der Waals surface area contributed by atoms with Gasteiger partial charge in [0, 0.05) is 23.2 Å². The first kappa shape index (κ1) is 13.7. The van der Waals surface area contributed by atoms with Crippen LogP contribution in [-0.2, 0) is 0 Å². The molecule has 0 amide bonds. The van der Waals surface area contributed by atoms with Gasteiger partial charge in [0.15, 0.2) is 0 Å². The SMILES string of the molecule is CNC(C)c1ccc(F)cc1-c1cnc2ccccc2c1. The number of pyridine rings is 1. The molecule has 1 heterocycles. The van der Waals surface area contributed by atoms with Crippen LogP contribution in [0.4, 0.5) is 4.39 Å². The first-order valence-corrected chi connectivity index (χ1v) is 7.01. The summed E-state index contributed by atoms with van der Waals surface area (Å²) in [6, 6.07) is 15.1. The molecule has 3 rings (SSSR count). The Morgan fingerprint density at radius 1 is 1.10 bits per heavy atom. The maximum Gasteiger partial charge on any atom is 0.123 e. The molecule has 0 aliphatic carbocycles. The Morgan fingerprint density at radius 3 is 2.71 bits per heavy atom. The first-order valence-electron chi connectivity index (χ1n) is 7.01. The second-order valence-corrected chi connectivity index (χ2v) is 5.16. The molecule has 0 spiro atoms. The maximum absolute atomic E-state index is 13.7. The number of benzene rings is 2. The number of para-hydroxylation sites is 1. The minimum atomic E-state index is -0.231. The minimum absolute atomic E-state index is 0.145. The van der Waals surface area contributed by atoms with Crippen LogP contribution in [0.25, 0.3) is 22.0 Å². The highest BCUT2D eigenvalue weighted by molar-refractivity contribution is 5.84. The van der Waals surface area contributed by atoms with Crippen molar-refractivity contribution in [2.24, 2.45) is 0 Å². The fraction of sp³-hybridized carbons (Fsp3) is 0.167. The zero-order valence-corrected chi connectivity index (χ0v) is 12.1. The topological polar surface area (TPSA) is 24.9 Å². The van der Waals surface area contributed by atoms with E-state index in [0.29, 0.717) is 0 Å². The van der Waals surface area contributed by atoms with Gasteiger partial charge in [-0.2, -0.15) is 0 Å². The van der Waals surface area contributed by atoms with Crippen molar-refractivity contribution in [3.05, 3.63) is 66.1 Å².